The minimum Gasteiger partial charge on any atom is -0.484 e. The summed E-state index contributed by atoms with van der Waals surface area (Å²) >= 11 is 3.36. The minimum atomic E-state index is -0.691. The molecule has 0 saturated heterocycles. The number of nitrogens with one attached hydrogen (secondary N) is 2. The molecule has 0 spiro atoms. The summed E-state index contributed by atoms with van der Waals surface area (Å²) in [6.45, 7) is 1.63. The van der Waals surface area contributed by atoms with Crippen molar-refractivity contribution in [1.29, 1.82) is 0 Å². The molecule has 0 fully saturated rings. The second-order valence-electron chi connectivity index (χ2n) is 4.05. The second-order valence-corrected chi connectivity index (χ2v) is 4.90. The van der Waals surface area contributed by atoms with Crippen molar-refractivity contribution >= 4 is 33.7 Å². The van der Waals surface area contributed by atoms with Gasteiger partial charge in [0.1, 0.15) is 12.2 Å². The molecule has 2 amide bonds. The summed E-state index contributed by atoms with van der Waals surface area (Å²) < 4.78 is 10.5. The highest BCUT2D eigenvalue weighted by atomic mass is 79.9. The van der Waals surface area contributed by atoms with E-state index in [9.17, 15) is 14.4 Å². The number of rotatable bonds is 5. The van der Waals surface area contributed by atoms with Crippen LogP contribution in [0.1, 0.15) is 12.0 Å². The van der Waals surface area contributed by atoms with E-state index in [0.717, 1.165) is 10.0 Å². The lowest BCUT2D eigenvalue weighted by Gasteiger charge is -2.09. The zero-order chi connectivity index (χ0) is 15.8. The zero-order valence-electron chi connectivity index (χ0n) is 11.6. The molecular weight excluding hydrogens is 344 g/mol. The van der Waals surface area contributed by atoms with Gasteiger partial charge in [-0.1, -0.05) is 15.9 Å². The van der Waals surface area contributed by atoms with E-state index < -0.39 is 24.2 Å². The number of methoxy groups -OCH3 is 1. The van der Waals surface area contributed by atoms with Gasteiger partial charge in [-0.2, -0.15) is 0 Å². The molecule has 0 aliphatic heterocycles. The highest BCUT2D eigenvalue weighted by Gasteiger charge is 2.10. The molecule has 0 atom stereocenters. The smallest absolute Gasteiger partial charge is 0.315 e. The van der Waals surface area contributed by atoms with Crippen LogP contribution in [0, 0.1) is 6.92 Å². The Labute approximate surface area is 130 Å². The van der Waals surface area contributed by atoms with Crippen molar-refractivity contribution in [2.75, 3.05) is 13.7 Å². The Kier molecular flexibility index (Phi) is 6.67. The third-order valence-corrected chi connectivity index (χ3v) is 3.26. The van der Waals surface area contributed by atoms with Gasteiger partial charge in [0.2, 0.25) is 5.91 Å². The maximum Gasteiger partial charge on any atom is 0.315 e. The second kappa shape index (κ2) is 8.25. The maximum atomic E-state index is 11.5. The number of hydrazine groups is 1. The van der Waals surface area contributed by atoms with E-state index in [1.54, 1.807) is 18.2 Å². The van der Waals surface area contributed by atoms with Gasteiger partial charge in [-0.15, -0.1) is 0 Å². The molecule has 1 aromatic carbocycles. The summed E-state index contributed by atoms with van der Waals surface area (Å²) in [5.41, 5.74) is 5.18. The van der Waals surface area contributed by atoms with E-state index in [1.807, 2.05) is 6.92 Å². The van der Waals surface area contributed by atoms with Crippen LogP contribution in [0.15, 0.2) is 22.7 Å². The molecule has 1 aromatic rings. The van der Waals surface area contributed by atoms with Crippen LogP contribution in [0.4, 0.5) is 0 Å². The van der Waals surface area contributed by atoms with Crippen molar-refractivity contribution in [1.82, 2.24) is 10.9 Å². The Bertz CT molecular complexity index is 547. The normalized spacial score (nSPS) is 9.67. The highest BCUT2D eigenvalue weighted by Crippen LogP contribution is 2.21. The molecule has 0 unspecified atom stereocenters. The Morgan fingerprint density at radius 3 is 2.48 bits per heavy atom. The molecule has 2 N–H and O–H groups in total. The zero-order valence-corrected chi connectivity index (χ0v) is 13.2. The summed E-state index contributed by atoms with van der Waals surface area (Å²) in [6, 6.07) is 5.29. The van der Waals surface area contributed by atoms with Crippen LogP contribution in [0.2, 0.25) is 0 Å². The Hall–Kier alpha value is -2.09. The summed E-state index contributed by atoms with van der Waals surface area (Å²) in [5.74, 6) is -1.38. The third kappa shape index (κ3) is 6.26. The van der Waals surface area contributed by atoms with Crippen LogP contribution in [-0.4, -0.2) is 31.5 Å². The summed E-state index contributed by atoms with van der Waals surface area (Å²) in [7, 11) is 1.17. The van der Waals surface area contributed by atoms with Crippen LogP contribution in [0.25, 0.3) is 0 Å². The molecular formula is C13H15BrN2O5. The van der Waals surface area contributed by atoms with Gasteiger partial charge >= 0.3 is 5.97 Å². The molecule has 8 heteroatoms. The molecule has 0 saturated carbocycles. The number of hydrogen-bond acceptors (Lipinski definition) is 5. The lowest BCUT2D eigenvalue weighted by atomic mass is 10.2. The first kappa shape index (κ1) is 17.0. The maximum absolute atomic E-state index is 11.5. The Morgan fingerprint density at radius 2 is 1.86 bits per heavy atom. The van der Waals surface area contributed by atoms with Gasteiger partial charge in [-0.05, 0) is 30.7 Å². The van der Waals surface area contributed by atoms with Crippen molar-refractivity contribution in [2.24, 2.45) is 0 Å². The number of hydrogen-bond donors (Lipinski definition) is 2. The van der Waals surface area contributed by atoms with E-state index in [4.69, 9.17) is 4.74 Å². The van der Waals surface area contributed by atoms with Crippen molar-refractivity contribution in [3.8, 4) is 5.75 Å². The van der Waals surface area contributed by atoms with Crippen LogP contribution < -0.4 is 15.6 Å². The molecule has 7 nitrogen and oxygen atoms in total. The fourth-order valence-corrected chi connectivity index (χ4v) is 1.53. The van der Waals surface area contributed by atoms with Crippen molar-refractivity contribution in [3.05, 3.63) is 28.2 Å². The van der Waals surface area contributed by atoms with Gasteiger partial charge in [-0.3, -0.25) is 25.2 Å². The molecule has 0 aliphatic carbocycles. The number of ether oxygens (including phenoxy) is 2. The fraction of sp³-hybridized carbons (Fsp3) is 0.308. The number of amides is 2. The van der Waals surface area contributed by atoms with Gasteiger partial charge in [0.15, 0.2) is 6.61 Å². The molecule has 0 heterocycles. The minimum absolute atomic E-state index is 0.264. The standard InChI is InChI=1S/C13H15BrN2O5/c1-8-5-9(3-4-10(8)14)21-7-12(18)16-15-11(17)6-13(19)20-2/h3-5H,6-7H2,1-2H3,(H,15,17)(H,16,18). The first-order valence-corrected chi connectivity index (χ1v) is 6.75. The molecule has 114 valence electrons. The van der Waals surface area contributed by atoms with Crippen LogP contribution >= 0.6 is 15.9 Å². The number of carbonyl (C=O) groups is 3. The molecule has 0 radical (unpaired) electrons. The molecule has 0 aromatic heterocycles. The average Bonchev–Trinajstić information content (AvgIpc) is 2.46. The summed E-state index contributed by atoms with van der Waals surface area (Å²) in [6.07, 6.45) is -0.469. The van der Waals surface area contributed by atoms with E-state index >= 15 is 0 Å². The monoisotopic (exact) mass is 358 g/mol. The first-order chi connectivity index (χ1) is 9.92. The van der Waals surface area contributed by atoms with Gasteiger partial charge < -0.3 is 9.47 Å². The van der Waals surface area contributed by atoms with E-state index in [0.29, 0.717) is 5.75 Å². The average molecular weight is 359 g/mol. The van der Waals surface area contributed by atoms with Crippen LogP contribution in [-0.2, 0) is 19.1 Å². The number of benzene rings is 1. The first-order valence-electron chi connectivity index (χ1n) is 5.96. The SMILES string of the molecule is COC(=O)CC(=O)NNC(=O)COc1ccc(Br)c(C)c1. The van der Waals surface area contributed by atoms with E-state index in [-0.39, 0.29) is 6.61 Å². The lowest BCUT2D eigenvalue weighted by Crippen LogP contribution is -2.44. The molecule has 0 bridgehead atoms. The summed E-state index contributed by atoms with van der Waals surface area (Å²) in [4.78, 5) is 33.5. The lowest BCUT2D eigenvalue weighted by molar-refractivity contribution is -0.144. The van der Waals surface area contributed by atoms with Gasteiger partial charge in [0, 0.05) is 4.47 Å². The predicted molar refractivity (Wildman–Crippen MR) is 77.3 cm³/mol. The van der Waals surface area contributed by atoms with E-state index in [1.165, 1.54) is 7.11 Å². The van der Waals surface area contributed by atoms with Crippen LogP contribution in [0.5, 0.6) is 5.75 Å². The van der Waals surface area contributed by atoms with Crippen molar-refractivity contribution < 1.29 is 23.9 Å². The third-order valence-electron chi connectivity index (χ3n) is 2.37. The highest BCUT2D eigenvalue weighted by molar-refractivity contribution is 9.10. The summed E-state index contributed by atoms with van der Waals surface area (Å²) in [5, 5.41) is 0. The number of aryl methyl sites for hydroxylation is 1. The Morgan fingerprint density at radius 1 is 1.19 bits per heavy atom. The van der Waals surface area contributed by atoms with Crippen LogP contribution in [0.3, 0.4) is 0 Å². The number of esters is 1. The van der Waals surface area contributed by atoms with Gasteiger partial charge in [0.05, 0.1) is 7.11 Å². The molecule has 0 aliphatic rings. The van der Waals surface area contributed by atoms with Crippen molar-refractivity contribution in [3.63, 3.8) is 0 Å². The van der Waals surface area contributed by atoms with Crippen molar-refractivity contribution in [2.45, 2.75) is 13.3 Å². The van der Waals surface area contributed by atoms with Gasteiger partial charge in [0.25, 0.3) is 5.91 Å². The quantitative estimate of drug-likeness (QED) is 0.462. The number of carbonyl (C=O) groups excluding carboxylic acids is 3. The molecule has 21 heavy (non-hydrogen) atoms. The predicted octanol–water partition coefficient (Wildman–Crippen LogP) is 0.847. The fourth-order valence-electron chi connectivity index (χ4n) is 1.28. The Balaban J connectivity index is 2.32. The van der Waals surface area contributed by atoms with Gasteiger partial charge in [-0.25, -0.2) is 0 Å². The number of halogens is 1. The largest absolute Gasteiger partial charge is 0.484 e. The molecule has 1 rings (SSSR count). The topological polar surface area (TPSA) is 93.7 Å². The van der Waals surface area contributed by atoms with E-state index in [2.05, 4.69) is 31.5 Å².